The van der Waals surface area contributed by atoms with E-state index in [9.17, 15) is 9.59 Å². The zero-order valence-corrected chi connectivity index (χ0v) is 22.3. The normalized spacial score (nSPS) is 12.5. The van der Waals surface area contributed by atoms with Crippen LogP contribution < -0.4 is 16.0 Å². The summed E-state index contributed by atoms with van der Waals surface area (Å²) in [7, 11) is 1.70. The van der Waals surface area contributed by atoms with Gasteiger partial charge in [0, 0.05) is 23.2 Å². The lowest BCUT2D eigenvalue weighted by atomic mass is 9.96. The Kier molecular flexibility index (Phi) is 8.43. The van der Waals surface area contributed by atoms with Crippen LogP contribution in [0.1, 0.15) is 35.7 Å². The van der Waals surface area contributed by atoms with Crippen molar-refractivity contribution in [2.45, 2.75) is 26.8 Å². The summed E-state index contributed by atoms with van der Waals surface area (Å²) in [5.41, 5.74) is 4.32. The lowest BCUT2D eigenvalue weighted by Gasteiger charge is -2.15. The molecule has 1 atom stereocenters. The van der Waals surface area contributed by atoms with Crippen molar-refractivity contribution in [2.24, 2.45) is 0 Å². The highest BCUT2D eigenvalue weighted by atomic mass is 16.5. The number of hydrogen-bond donors (Lipinski definition) is 3. The molecule has 3 N–H and O–H groups in total. The third kappa shape index (κ3) is 6.16. The maximum Gasteiger partial charge on any atom is 0.279 e. The van der Waals surface area contributed by atoms with Crippen LogP contribution in [0, 0.1) is 6.92 Å². The van der Waals surface area contributed by atoms with Crippen molar-refractivity contribution in [3.8, 4) is 11.1 Å². The molecule has 2 amide bonds. The summed E-state index contributed by atoms with van der Waals surface area (Å²) in [4.78, 5) is 34.7. The van der Waals surface area contributed by atoms with Crippen LogP contribution in [-0.4, -0.2) is 40.0 Å². The first-order valence-electron chi connectivity index (χ1n) is 12.4. The van der Waals surface area contributed by atoms with Crippen LogP contribution in [0.3, 0.4) is 0 Å². The number of fused-ring (bicyclic) bond motifs is 1. The number of pyridine rings is 2. The number of hydrogen-bond acceptors (Lipinski definition) is 7. The Morgan fingerprint density at radius 2 is 1.87 bits per heavy atom. The van der Waals surface area contributed by atoms with Crippen molar-refractivity contribution < 1.29 is 14.1 Å². The summed E-state index contributed by atoms with van der Waals surface area (Å²) in [6.07, 6.45) is 8.81. The van der Waals surface area contributed by atoms with Gasteiger partial charge < -0.3 is 20.5 Å². The molecule has 1 aromatic carbocycles. The molecule has 0 spiro atoms. The average Bonchev–Trinajstić information content (AvgIpc) is 3.43. The molecule has 0 aliphatic carbocycles. The highest BCUT2D eigenvalue weighted by Gasteiger charge is 2.18. The molecule has 4 rings (SSSR count). The number of carbonyl (C=O) groups is 2. The van der Waals surface area contributed by atoms with E-state index in [1.54, 1.807) is 50.5 Å². The summed E-state index contributed by atoms with van der Waals surface area (Å²) < 4.78 is 5.39. The van der Waals surface area contributed by atoms with Gasteiger partial charge in [0.1, 0.15) is 11.6 Å². The van der Waals surface area contributed by atoms with Crippen molar-refractivity contribution in [3.63, 3.8) is 0 Å². The smallest absolute Gasteiger partial charge is 0.279 e. The standard InChI is InChI=1S/C30H30N6O3/c1-6-9-20(10-7-2)25-17-24(36-39-25)30(38)35-27-16-21(15-26(33-27)34-29(37)19(4)31-5)28-18(3)12-13-23-22(28)11-8-14-32-23/h6-17,19,31H,1H2,2-5H3,(H2,33,34,35,37,38)/b10-7-,20-9+. The van der Waals surface area contributed by atoms with E-state index < -0.39 is 11.9 Å². The molecule has 9 heteroatoms. The second-order valence-corrected chi connectivity index (χ2v) is 8.84. The first-order chi connectivity index (χ1) is 18.8. The van der Waals surface area contributed by atoms with Crippen LogP contribution >= 0.6 is 0 Å². The number of amides is 2. The van der Waals surface area contributed by atoms with Crippen LogP contribution in [-0.2, 0) is 4.79 Å². The minimum absolute atomic E-state index is 0.0802. The summed E-state index contributed by atoms with van der Waals surface area (Å²) >= 11 is 0. The number of anilines is 2. The van der Waals surface area contributed by atoms with E-state index in [1.165, 1.54) is 0 Å². The van der Waals surface area contributed by atoms with Gasteiger partial charge in [0.25, 0.3) is 5.91 Å². The second-order valence-electron chi connectivity index (χ2n) is 8.84. The first kappa shape index (κ1) is 27.2. The molecule has 9 nitrogen and oxygen atoms in total. The molecule has 0 fully saturated rings. The van der Waals surface area contributed by atoms with Gasteiger partial charge in [0.15, 0.2) is 11.5 Å². The van der Waals surface area contributed by atoms with Crippen molar-refractivity contribution >= 4 is 39.9 Å². The Labute approximate surface area is 226 Å². The number of nitrogens with zero attached hydrogens (tertiary/aromatic N) is 3. The zero-order valence-electron chi connectivity index (χ0n) is 22.3. The van der Waals surface area contributed by atoms with Gasteiger partial charge in [-0.05, 0) is 68.8 Å². The third-order valence-corrected chi connectivity index (χ3v) is 6.10. The Balaban J connectivity index is 1.75. The SMILES string of the molecule is C=C/C=C(\C=C/C)c1cc(C(=O)Nc2cc(-c3c(C)ccc4ncccc34)cc(NC(=O)C(C)NC)n2)no1. The average molecular weight is 523 g/mol. The maximum absolute atomic E-state index is 13.1. The monoisotopic (exact) mass is 522 g/mol. The van der Waals surface area contributed by atoms with Gasteiger partial charge in [0.05, 0.1) is 11.6 Å². The number of allylic oxidation sites excluding steroid dienone is 5. The highest BCUT2D eigenvalue weighted by Crippen LogP contribution is 2.33. The van der Waals surface area contributed by atoms with Crippen LogP contribution in [0.15, 0.2) is 84.1 Å². The van der Waals surface area contributed by atoms with Crippen LogP contribution in [0.25, 0.3) is 27.6 Å². The first-order valence-corrected chi connectivity index (χ1v) is 12.4. The lowest BCUT2D eigenvalue weighted by Crippen LogP contribution is -2.35. The quantitative estimate of drug-likeness (QED) is 0.247. The summed E-state index contributed by atoms with van der Waals surface area (Å²) in [5.74, 6) is 0.186. The summed E-state index contributed by atoms with van der Waals surface area (Å²) in [6.45, 7) is 9.33. The van der Waals surface area contributed by atoms with Gasteiger partial charge in [0.2, 0.25) is 5.91 Å². The fourth-order valence-corrected chi connectivity index (χ4v) is 4.04. The molecule has 3 heterocycles. The third-order valence-electron chi connectivity index (χ3n) is 6.10. The van der Waals surface area contributed by atoms with E-state index in [-0.39, 0.29) is 17.4 Å². The Hall–Kier alpha value is -4.89. The molecule has 0 bridgehead atoms. The van der Waals surface area contributed by atoms with Crippen molar-refractivity contribution in [1.29, 1.82) is 0 Å². The summed E-state index contributed by atoms with van der Waals surface area (Å²) in [6, 6.07) is 12.4. The number of carbonyl (C=O) groups excluding carboxylic acids is 2. The predicted molar refractivity (Wildman–Crippen MR) is 154 cm³/mol. The minimum Gasteiger partial charge on any atom is -0.355 e. The molecule has 0 radical (unpaired) electrons. The molecule has 0 aliphatic rings. The Bertz CT molecular complexity index is 1600. The molecule has 198 valence electrons. The molecular weight excluding hydrogens is 492 g/mol. The van der Waals surface area contributed by atoms with E-state index in [1.807, 2.05) is 50.3 Å². The van der Waals surface area contributed by atoms with Gasteiger partial charge in [-0.15, -0.1) is 0 Å². The van der Waals surface area contributed by atoms with Crippen molar-refractivity contribution in [2.75, 3.05) is 17.7 Å². The zero-order chi connectivity index (χ0) is 27.9. The molecular formula is C30H30N6O3. The van der Waals surface area contributed by atoms with Crippen LogP contribution in [0.2, 0.25) is 0 Å². The fraction of sp³-hybridized carbons (Fsp3) is 0.167. The minimum atomic E-state index is -0.509. The number of likely N-dealkylation sites (N-methyl/N-ethyl adjacent to an activating group) is 1. The van der Waals surface area contributed by atoms with E-state index >= 15 is 0 Å². The van der Waals surface area contributed by atoms with Gasteiger partial charge in [-0.2, -0.15) is 0 Å². The van der Waals surface area contributed by atoms with Gasteiger partial charge in [-0.3, -0.25) is 14.6 Å². The van der Waals surface area contributed by atoms with Crippen LogP contribution in [0.4, 0.5) is 11.6 Å². The lowest BCUT2D eigenvalue weighted by molar-refractivity contribution is -0.117. The summed E-state index contributed by atoms with van der Waals surface area (Å²) in [5, 5.41) is 13.4. The van der Waals surface area contributed by atoms with Crippen molar-refractivity contribution in [3.05, 3.63) is 96.6 Å². The number of nitrogens with one attached hydrogen (secondary N) is 3. The highest BCUT2D eigenvalue weighted by molar-refractivity contribution is 6.04. The van der Waals surface area contributed by atoms with E-state index in [0.29, 0.717) is 11.6 Å². The Morgan fingerprint density at radius 1 is 1.10 bits per heavy atom. The molecule has 39 heavy (non-hydrogen) atoms. The molecule has 3 aromatic heterocycles. The van der Waals surface area contributed by atoms with E-state index in [0.717, 1.165) is 33.2 Å². The van der Waals surface area contributed by atoms with Crippen LogP contribution in [0.5, 0.6) is 0 Å². The molecule has 0 aliphatic heterocycles. The number of benzene rings is 1. The second kappa shape index (κ2) is 12.1. The molecule has 0 saturated heterocycles. The topological polar surface area (TPSA) is 122 Å². The van der Waals surface area contributed by atoms with E-state index in [4.69, 9.17) is 4.52 Å². The van der Waals surface area contributed by atoms with Gasteiger partial charge >= 0.3 is 0 Å². The number of aryl methyl sites for hydroxylation is 1. The van der Waals surface area contributed by atoms with Gasteiger partial charge in [-0.1, -0.05) is 48.2 Å². The van der Waals surface area contributed by atoms with Gasteiger partial charge in [-0.25, -0.2) is 4.98 Å². The van der Waals surface area contributed by atoms with E-state index in [2.05, 4.69) is 37.7 Å². The van der Waals surface area contributed by atoms with Crippen molar-refractivity contribution in [1.82, 2.24) is 20.4 Å². The molecule has 4 aromatic rings. The predicted octanol–water partition coefficient (Wildman–Crippen LogP) is 5.54. The number of aromatic nitrogens is 3. The molecule has 0 saturated carbocycles. The molecule has 1 unspecified atom stereocenters. The number of rotatable bonds is 9. The largest absolute Gasteiger partial charge is 0.355 e. The fourth-order valence-electron chi connectivity index (χ4n) is 4.04. The maximum atomic E-state index is 13.1. The Morgan fingerprint density at radius 3 is 2.59 bits per heavy atom.